The van der Waals surface area contributed by atoms with Crippen molar-refractivity contribution >= 4 is 28.9 Å². The highest BCUT2D eigenvalue weighted by atomic mass is 16.5. The average molecular weight is 369 g/mol. The first-order chi connectivity index (χ1) is 12.8. The van der Waals surface area contributed by atoms with Gasteiger partial charge in [0.2, 0.25) is 11.8 Å². The van der Waals surface area contributed by atoms with Crippen molar-refractivity contribution in [3.05, 3.63) is 48.5 Å². The molecule has 0 saturated carbocycles. The Kier molecular flexibility index (Phi) is 6.82. The van der Waals surface area contributed by atoms with Gasteiger partial charge in [0.25, 0.3) is 0 Å². The summed E-state index contributed by atoms with van der Waals surface area (Å²) in [5, 5.41) is 8.73. The van der Waals surface area contributed by atoms with Crippen molar-refractivity contribution in [1.82, 2.24) is 0 Å². The Bertz CT molecular complexity index is 780. The molecule has 0 atom stereocenters. The zero-order valence-corrected chi connectivity index (χ0v) is 16.3. The van der Waals surface area contributed by atoms with Crippen LogP contribution in [0.25, 0.3) is 0 Å². The van der Waals surface area contributed by atoms with Crippen molar-refractivity contribution in [2.45, 2.75) is 27.7 Å². The zero-order valence-electron chi connectivity index (χ0n) is 16.3. The van der Waals surface area contributed by atoms with Crippen LogP contribution in [0.2, 0.25) is 0 Å². The fourth-order valence-electron chi connectivity index (χ4n) is 2.22. The Morgan fingerprint density at radius 3 is 2.15 bits per heavy atom. The smallest absolute Gasteiger partial charge is 0.243 e. The predicted molar refractivity (Wildman–Crippen MR) is 109 cm³/mol. The number of carbonyl (C=O) groups excluding carboxylic acids is 2. The summed E-state index contributed by atoms with van der Waals surface area (Å²) < 4.78 is 5.39. The molecule has 0 unspecified atom stereocenters. The van der Waals surface area contributed by atoms with E-state index in [-0.39, 0.29) is 18.4 Å². The van der Waals surface area contributed by atoms with Crippen LogP contribution in [-0.2, 0) is 9.59 Å². The van der Waals surface area contributed by atoms with E-state index in [4.69, 9.17) is 4.74 Å². The van der Waals surface area contributed by atoms with E-state index < -0.39 is 5.41 Å². The minimum absolute atomic E-state index is 0.0804. The summed E-state index contributed by atoms with van der Waals surface area (Å²) in [5.74, 6) is 0.535. The van der Waals surface area contributed by atoms with Crippen LogP contribution in [0.4, 0.5) is 17.1 Å². The molecular weight excluding hydrogens is 342 g/mol. The molecule has 2 aromatic rings. The summed E-state index contributed by atoms with van der Waals surface area (Å²) in [6.45, 7) is 8.22. The van der Waals surface area contributed by atoms with Crippen molar-refractivity contribution < 1.29 is 14.3 Å². The van der Waals surface area contributed by atoms with Crippen LogP contribution >= 0.6 is 0 Å². The average Bonchev–Trinajstić information content (AvgIpc) is 2.61. The molecule has 2 amide bonds. The quantitative estimate of drug-likeness (QED) is 0.686. The van der Waals surface area contributed by atoms with Gasteiger partial charge in [-0.2, -0.15) is 0 Å². The molecule has 0 spiro atoms. The first kappa shape index (κ1) is 20.3. The standard InChI is InChI=1S/C21H27N3O3/c1-5-27-18-11-9-15(10-12-18)22-14-19(25)23-16-7-6-8-17(13-16)24-20(26)21(2,3)4/h6-13,22H,5,14H2,1-4H3,(H,23,25)(H,24,26). The molecule has 0 aliphatic carbocycles. The van der Waals surface area contributed by atoms with Gasteiger partial charge >= 0.3 is 0 Å². The van der Waals surface area contributed by atoms with E-state index in [0.717, 1.165) is 11.4 Å². The molecule has 3 N–H and O–H groups in total. The van der Waals surface area contributed by atoms with Crippen LogP contribution < -0.4 is 20.7 Å². The molecule has 0 aliphatic rings. The summed E-state index contributed by atoms with van der Waals surface area (Å²) >= 11 is 0. The van der Waals surface area contributed by atoms with E-state index in [1.54, 1.807) is 24.3 Å². The number of hydrogen-bond acceptors (Lipinski definition) is 4. The fraction of sp³-hybridized carbons (Fsp3) is 0.333. The lowest BCUT2D eigenvalue weighted by atomic mass is 9.95. The highest BCUT2D eigenvalue weighted by molar-refractivity contribution is 5.97. The van der Waals surface area contributed by atoms with E-state index in [1.165, 1.54) is 0 Å². The molecule has 6 heteroatoms. The molecule has 0 saturated heterocycles. The molecular formula is C21H27N3O3. The van der Waals surface area contributed by atoms with Crippen LogP contribution in [0.5, 0.6) is 5.75 Å². The van der Waals surface area contributed by atoms with E-state index in [2.05, 4.69) is 16.0 Å². The Hall–Kier alpha value is -3.02. The lowest BCUT2D eigenvalue weighted by Gasteiger charge is -2.18. The highest BCUT2D eigenvalue weighted by Crippen LogP contribution is 2.20. The number of ether oxygens (including phenoxy) is 1. The molecule has 0 radical (unpaired) electrons. The molecule has 2 aromatic carbocycles. The first-order valence-corrected chi connectivity index (χ1v) is 8.96. The predicted octanol–water partition coefficient (Wildman–Crippen LogP) is 4.12. The van der Waals surface area contributed by atoms with Crippen LogP contribution in [-0.4, -0.2) is 25.0 Å². The van der Waals surface area contributed by atoms with Crippen LogP contribution in [0, 0.1) is 5.41 Å². The second-order valence-corrected chi connectivity index (χ2v) is 7.14. The van der Waals surface area contributed by atoms with Gasteiger partial charge in [-0.15, -0.1) is 0 Å². The zero-order chi connectivity index (χ0) is 19.9. The van der Waals surface area contributed by atoms with E-state index >= 15 is 0 Å². The Morgan fingerprint density at radius 1 is 0.926 bits per heavy atom. The lowest BCUT2D eigenvalue weighted by Crippen LogP contribution is -2.27. The van der Waals surface area contributed by atoms with Crippen molar-refractivity contribution in [2.24, 2.45) is 5.41 Å². The molecule has 0 bridgehead atoms. The van der Waals surface area contributed by atoms with Crippen molar-refractivity contribution in [3.8, 4) is 5.75 Å². The lowest BCUT2D eigenvalue weighted by molar-refractivity contribution is -0.123. The van der Waals surface area contributed by atoms with Crippen molar-refractivity contribution in [2.75, 3.05) is 29.1 Å². The number of anilines is 3. The maximum atomic E-state index is 12.2. The van der Waals surface area contributed by atoms with E-state index in [0.29, 0.717) is 18.0 Å². The van der Waals surface area contributed by atoms with Gasteiger partial charge in [-0.05, 0) is 49.4 Å². The van der Waals surface area contributed by atoms with Gasteiger partial charge in [-0.1, -0.05) is 26.8 Å². The monoisotopic (exact) mass is 369 g/mol. The van der Waals surface area contributed by atoms with E-state index in [9.17, 15) is 9.59 Å². The maximum Gasteiger partial charge on any atom is 0.243 e. The third kappa shape index (κ3) is 6.66. The molecule has 0 fully saturated rings. The molecule has 2 rings (SSSR count). The molecule has 144 valence electrons. The first-order valence-electron chi connectivity index (χ1n) is 8.96. The molecule has 6 nitrogen and oxygen atoms in total. The minimum Gasteiger partial charge on any atom is -0.494 e. The largest absolute Gasteiger partial charge is 0.494 e. The number of hydrogen-bond donors (Lipinski definition) is 3. The molecule has 0 aromatic heterocycles. The molecule has 0 aliphatic heterocycles. The summed E-state index contributed by atoms with van der Waals surface area (Å²) in [6, 6.07) is 14.5. The van der Waals surface area contributed by atoms with Gasteiger partial charge in [0, 0.05) is 22.5 Å². The van der Waals surface area contributed by atoms with Gasteiger partial charge in [0.1, 0.15) is 5.75 Å². The molecule has 0 heterocycles. The summed E-state index contributed by atoms with van der Waals surface area (Å²) in [4.78, 5) is 24.2. The Balaban J connectivity index is 1.88. The van der Waals surface area contributed by atoms with Crippen molar-refractivity contribution in [1.29, 1.82) is 0 Å². The van der Waals surface area contributed by atoms with E-state index in [1.807, 2.05) is 52.0 Å². The summed E-state index contributed by atoms with van der Waals surface area (Å²) in [7, 11) is 0. The highest BCUT2D eigenvalue weighted by Gasteiger charge is 2.21. The number of nitrogens with one attached hydrogen (secondary N) is 3. The summed E-state index contributed by atoms with van der Waals surface area (Å²) in [6.07, 6.45) is 0. The third-order valence-electron chi connectivity index (χ3n) is 3.70. The Morgan fingerprint density at radius 2 is 1.56 bits per heavy atom. The van der Waals surface area contributed by atoms with Gasteiger partial charge in [0.15, 0.2) is 0 Å². The van der Waals surface area contributed by atoms with Gasteiger partial charge in [-0.25, -0.2) is 0 Å². The minimum atomic E-state index is -0.485. The normalized spacial score (nSPS) is 10.8. The summed E-state index contributed by atoms with van der Waals surface area (Å²) in [5.41, 5.74) is 1.62. The van der Waals surface area contributed by atoms with Crippen LogP contribution in [0.1, 0.15) is 27.7 Å². The SMILES string of the molecule is CCOc1ccc(NCC(=O)Nc2cccc(NC(=O)C(C)(C)C)c2)cc1. The number of carbonyl (C=O) groups is 2. The second-order valence-electron chi connectivity index (χ2n) is 7.14. The van der Waals surface area contributed by atoms with Gasteiger partial charge in [0.05, 0.1) is 13.2 Å². The number of rotatable bonds is 7. The second kappa shape index (κ2) is 9.07. The van der Waals surface area contributed by atoms with Crippen LogP contribution in [0.15, 0.2) is 48.5 Å². The topological polar surface area (TPSA) is 79.5 Å². The van der Waals surface area contributed by atoms with Gasteiger partial charge < -0.3 is 20.7 Å². The van der Waals surface area contributed by atoms with Gasteiger partial charge in [-0.3, -0.25) is 9.59 Å². The van der Waals surface area contributed by atoms with Crippen molar-refractivity contribution in [3.63, 3.8) is 0 Å². The Labute approximate surface area is 160 Å². The number of benzene rings is 2. The number of amides is 2. The maximum absolute atomic E-state index is 12.2. The van der Waals surface area contributed by atoms with Crippen LogP contribution in [0.3, 0.4) is 0 Å². The fourth-order valence-corrected chi connectivity index (χ4v) is 2.22. The molecule has 27 heavy (non-hydrogen) atoms. The third-order valence-corrected chi connectivity index (χ3v) is 3.70.